The molecule has 0 aliphatic carbocycles. The van der Waals surface area contributed by atoms with Crippen molar-refractivity contribution >= 4 is 34.0 Å². The van der Waals surface area contributed by atoms with E-state index in [4.69, 9.17) is 21.1 Å². The first-order valence-electron chi connectivity index (χ1n) is 8.43. The molecule has 6 nitrogen and oxygen atoms in total. The summed E-state index contributed by atoms with van der Waals surface area (Å²) in [6.07, 6.45) is 7.75. The van der Waals surface area contributed by atoms with Crippen molar-refractivity contribution in [3.05, 3.63) is 35.7 Å². The van der Waals surface area contributed by atoms with Crippen molar-refractivity contribution in [3.63, 3.8) is 0 Å². The van der Waals surface area contributed by atoms with Gasteiger partial charge >= 0.3 is 0 Å². The van der Waals surface area contributed by atoms with Gasteiger partial charge in [0.2, 0.25) is 5.75 Å². The normalized spacial score (nSPS) is 13.2. The van der Waals surface area contributed by atoms with Gasteiger partial charge in [0, 0.05) is 24.3 Å². The van der Waals surface area contributed by atoms with E-state index in [0.29, 0.717) is 35.6 Å². The quantitative estimate of drug-likeness (QED) is 0.732. The average Bonchev–Trinajstić information content (AvgIpc) is 3.06. The highest BCUT2D eigenvalue weighted by Gasteiger charge is 2.21. The van der Waals surface area contributed by atoms with E-state index < -0.39 is 0 Å². The molecule has 0 saturated heterocycles. The molecule has 3 aromatic heterocycles. The highest BCUT2D eigenvalue weighted by Crippen LogP contribution is 2.42. The number of unbranched alkanes of at least 4 members (excludes halogenated alkanes) is 1. The summed E-state index contributed by atoms with van der Waals surface area (Å²) in [5.74, 6) is 1.71. The zero-order valence-electron chi connectivity index (χ0n) is 14.0. The van der Waals surface area contributed by atoms with Crippen molar-refractivity contribution in [1.29, 1.82) is 0 Å². The number of ether oxygens (including phenoxy) is 2. The average molecular weight is 359 g/mol. The van der Waals surface area contributed by atoms with Crippen molar-refractivity contribution < 1.29 is 9.47 Å². The van der Waals surface area contributed by atoms with Crippen LogP contribution < -0.4 is 14.8 Å². The van der Waals surface area contributed by atoms with Crippen LogP contribution in [0.15, 0.2) is 30.7 Å². The maximum Gasteiger partial charge on any atom is 0.259 e. The fraction of sp³-hybridized carbons (Fsp3) is 0.333. The first-order chi connectivity index (χ1) is 12.3. The summed E-state index contributed by atoms with van der Waals surface area (Å²) in [7, 11) is 0. The number of anilines is 2. The summed E-state index contributed by atoms with van der Waals surface area (Å²) in [5, 5.41) is 4.82. The van der Waals surface area contributed by atoms with E-state index in [-0.39, 0.29) is 0 Å². The number of aromatic nitrogens is 3. The van der Waals surface area contributed by atoms with Crippen molar-refractivity contribution in [2.75, 3.05) is 18.5 Å². The lowest BCUT2D eigenvalue weighted by atomic mass is 10.2. The molecule has 0 bridgehead atoms. The van der Waals surface area contributed by atoms with Crippen LogP contribution >= 0.6 is 11.6 Å². The molecule has 3 aromatic rings. The van der Waals surface area contributed by atoms with Gasteiger partial charge < -0.3 is 19.4 Å². The highest BCUT2D eigenvalue weighted by molar-refractivity contribution is 6.33. The molecule has 0 aromatic carbocycles. The molecule has 1 N–H and O–H groups in total. The third kappa shape index (κ3) is 2.98. The number of aryl methyl sites for hydroxylation is 1. The molecule has 4 rings (SSSR count). The Balaban J connectivity index is 1.73. The molecule has 0 radical (unpaired) electrons. The zero-order valence-corrected chi connectivity index (χ0v) is 14.7. The molecule has 1 aliphatic heterocycles. The number of hydrogen-bond donors (Lipinski definition) is 1. The van der Waals surface area contributed by atoms with Crippen LogP contribution in [0.1, 0.15) is 19.8 Å². The van der Waals surface area contributed by atoms with Gasteiger partial charge in [-0.25, -0.2) is 9.97 Å². The third-order valence-corrected chi connectivity index (χ3v) is 4.50. The Bertz CT molecular complexity index is 909. The molecular formula is C18H19ClN4O2. The Kier molecular flexibility index (Phi) is 4.36. The summed E-state index contributed by atoms with van der Waals surface area (Å²) < 4.78 is 13.5. The minimum absolute atomic E-state index is 0.450. The summed E-state index contributed by atoms with van der Waals surface area (Å²) in [4.78, 5) is 8.66. The number of halogens is 1. The van der Waals surface area contributed by atoms with E-state index in [1.807, 2.05) is 6.07 Å². The number of fused-ring (bicyclic) bond motifs is 2. The second-order valence-corrected chi connectivity index (χ2v) is 6.30. The van der Waals surface area contributed by atoms with E-state index in [1.165, 1.54) is 0 Å². The summed E-state index contributed by atoms with van der Waals surface area (Å²) in [6, 6.07) is 4.10. The molecule has 0 unspecified atom stereocenters. The lowest BCUT2D eigenvalue weighted by Crippen LogP contribution is -2.17. The van der Waals surface area contributed by atoms with Gasteiger partial charge in [-0.1, -0.05) is 24.9 Å². The predicted molar refractivity (Wildman–Crippen MR) is 98.2 cm³/mol. The maximum absolute atomic E-state index is 6.34. The number of nitrogens with one attached hydrogen (secondary N) is 1. The number of rotatable bonds is 5. The van der Waals surface area contributed by atoms with Crippen molar-refractivity contribution in [2.45, 2.75) is 26.3 Å². The van der Waals surface area contributed by atoms with E-state index in [2.05, 4.69) is 39.0 Å². The maximum atomic E-state index is 6.34. The van der Waals surface area contributed by atoms with Crippen LogP contribution in [-0.2, 0) is 6.54 Å². The van der Waals surface area contributed by atoms with Crippen LogP contribution in [0.25, 0.3) is 10.9 Å². The molecule has 0 spiro atoms. The second kappa shape index (κ2) is 6.80. The molecule has 0 atom stereocenters. The number of pyridine rings is 2. The zero-order chi connectivity index (χ0) is 17.2. The monoisotopic (exact) mass is 358 g/mol. The minimum atomic E-state index is 0.450. The highest BCUT2D eigenvalue weighted by atomic mass is 35.5. The van der Waals surface area contributed by atoms with Gasteiger partial charge in [0.1, 0.15) is 24.7 Å². The fourth-order valence-corrected chi connectivity index (χ4v) is 3.14. The van der Waals surface area contributed by atoms with Crippen molar-refractivity contribution in [1.82, 2.24) is 14.5 Å². The van der Waals surface area contributed by atoms with Crippen molar-refractivity contribution in [3.8, 4) is 11.6 Å². The first kappa shape index (κ1) is 16.0. The van der Waals surface area contributed by atoms with Crippen LogP contribution in [0, 0.1) is 0 Å². The fourth-order valence-electron chi connectivity index (χ4n) is 2.95. The van der Waals surface area contributed by atoms with Crippen LogP contribution in [0.5, 0.6) is 11.6 Å². The van der Waals surface area contributed by atoms with Gasteiger partial charge in [-0.3, -0.25) is 0 Å². The summed E-state index contributed by atoms with van der Waals surface area (Å²) >= 11 is 6.34. The molecule has 1 aliphatic rings. The van der Waals surface area contributed by atoms with Gasteiger partial charge in [-0.15, -0.1) is 0 Å². The van der Waals surface area contributed by atoms with E-state index in [1.54, 1.807) is 12.4 Å². The summed E-state index contributed by atoms with van der Waals surface area (Å²) in [6.45, 7) is 4.13. The van der Waals surface area contributed by atoms with Crippen LogP contribution in [0.4, 0.5) is 11.5 Å². The van der Waals surface area contributed by atoms with Crippen LogP contribution in [-0.4, -0.2) is 27.7 Å². The van der Waals surface area contributed by atoms with Gasteiger partial charge in [0.05, 0.1) is 16.7 Å². The Labute approximate surface area is 150 Å². The van der Waals surface area contributed by atoms with Crippen LogP contribution in [0.2, 0.25) is 5.02 Å². The SMILES string of the molecule is CCCCn1ccc2c(Nc3c(Cl)cnc4c3OCCO4)nccc21. The minimum Gasteiger partial charge on any atom is -0.483 e. The number of hydrogen-bond acceptors (Lipinski definition) is 5. The topological polar surface area (TPSA) is 61.2 Å². The molecule has 4 heterocycles. The van der Waals surface area contributed by atoms with Gasteiger partial charge in [-0.2, -0.15) is 0 Å². The molecule has 0 fully saturated rings. The Hall–Kier alpha value is -2.47. The molecule has 0 saturated carbocycles. The van der Waals surface area contributed by atoms with E-state index in [9.17, 15) is 0 Å². The third-order valence-electron chi connectivity index (χ3n) is 4.22. The van der Waals surface area contributed by atoms with Crippen LogP contribution in [0.3, 0.4) is 0 Å². The Morgan fingerprint density at radius 2 is 2.12 bits per heavy atom. The smallest absolute Gasteiger partial charge is 0.259 e. The largest absolute Gasteiger partial charge is 0.483 e. The van der Waals surface area contributed by atoms with E-state index in [0.717, 1.165) is 36.1 Å². The Morgan fingerprint density at radius 3 is 3.00 bits per heavy atom. The van der Waals surface area contributed by atoms with Crippen molar-refractivity contribution in [2.24, 2.45) is 0 Å². The predicted octanol–water partition coefficient (Wildman–Crippen LogP) is 4.40. The van der Waals surface area contributed by atoms with Gasteiger partial charge in [0.25, 0.3) is 5.88 Å². The Morgan fingerprint density at radius 1 is 1.24 bits per heavy atom. The second-order valence-electron chi connectivity index (χ2n) is 5.89. The molecule has 25 heavy (non-hydrogen) atoms. The van der Waals surface area contributed by atoms with Gasteiger partial charge in [0.15, 0.2) is 0 Å². The molecule has 130 valence electrons. The number of nitrogens with zero attached hydrogens (tertiary/aromatic N) is 3. The lowest BCUT2D eigenvalue weighted by molar-refractivity contribution is 0.165. The lowest BCUT2D eigenvalue weighted by Gasteiger charge is -2.21. The molecule has 0 amide bonds. The van der Waals surface area contributed by atoms with E-state index >= 15 is 0 Å². The molecule has 7 heteroatoms. The first-order valence-corrected chi connectivity index (χ1v) is 8.80. The molecular weight excluding hydrogens is 340 g/mol. The van der Waals surface area contributed by atoms with Gasteiger partial charge in [-0.05, 0) is 18.6 Å². The summed E-state index contributed by atoms with van der Waals surface area (Å²) in [5.41, 5.74) is 1.77. The standard InChI is InChI=1S/C18H19ClN4O2/c1-2-3-7-23-8-5-12-14(23)4-6-20-17(12)22-15-13(19)11-21-18-16(15)24-9-10-25-18/h4-6,8,11H,2-3,7,9-10H2,1H3,(H,20,21,22).